The number of aliphatic imine (C=N–C) groups is 1. The Morgan fingerprint density at radius 3 is 2.48 bits per heavy atom. The largest absolute Gasteiger partial charge is 0.357 e. The van der Waals surface area contributed by atoms with Gasteiger partial charge >= 0.3 is 0 Å². The maximum absolute atomic E-state index is 12.0. The van der Waals surface area contributed by atoms with Crippen molar-refractivity contribution in [2.24, 2.45) is 10.9 Å². The number of sulfone groups is 1. The molecule has 0 aliphatic carbocycles. The summed E-state index contributed by atoms with van der Waals surface area (Å²) in [7, 11) is -2.96. The Morgan fingerprint density at radius 2 is 1.92 bits per heavy atom. The summed E-state index contributed by atoms with van der Waals surface area (Å²) in [5, 5.41) is 6.09. The van der Waals surface area contributed by atoms with E-state index in [4.69, 9.17) is 0 Å². The summed E-state index contributed by atoms with van der Waals surface area (Å²) in [4.78, 5) is 18.8. The van der Waals surface area contributed by atoms with Crippen LogP contribution in [0.1, 0.15) is 39.5 Å². The van der Waals surface area contributed by atoms with Gasteiger partial charge in [-0.3, -0.25) is 9.79 Å². The van der Waals surface area contributed by atoms with E-state index in [0.717, 1.165) is 31.5 Å². The molecule has 2 aliphatic rings. The lowest BCUT2D eigenvalue weighted by Crippen LogP contribution is -2.45. The van der Waals surface area contributed by atoms with E-state index in [9.17, 15) is 13.2 Å². The number of piperidine rings is 1. The first-order valence-corrected chi connectivity index (χ1v) is 10.7. The SMILES string of the molecule is CCNC(=NCCC(=O)NC1CCS(=O)(=O)C1)N1CCC(C)CC1.I. The fourth-order valence-corrected chi connectivity index (χ4v) is 4.79. The molecule has 25 heavy (non-hydrogen) atoms. The minimum atomic E-state index is -2.96. The molecule has 1 atom stereocenters. The van der Waals surface area contributed by atoms with Crippen molar-refractivity contribution in [3.05, 3.63) is 0 Å². The van der Waals surface area contributed by atoms with Gasteiger partial charge in [0.2, 0.25) is 5.91 Å². The Hall–Kier alpha value is -0.580. The molecule has 0 aromatic rings. The van der Waals surface area contributed by atoms with E-state index in [1.807, 2.05) is 6.92 Å². The van der Waals surface area contributed by atoms with Gasteiger partial charge in [0.15, 0.2) is 15.8 Å². The molecule has 9 heteroatoms. The van der Waals surface area contributed by atoms with Gasteiger partial charge in [-0.15, -0.1) is 24.0 Å². The third-order valence-electron chi connectivity index (χ3n) is 4.62. The lowest BCUT2D eigenvalue weighted by atomic mass is 10.00. The average Bonchev–Trinajstić information content (AvgIpc) is 2.86. The monoisotopic (exact) mass is 486 g/mol. The number of halogens is 1. The third kappa shape index (κ3) is 7.67. The summed E-state index contributed by atoms with van der Waals surface area (Å²) in [5.74, 6) is 1.76. The Bertz CT molecular complexity index is 560. The molecule has 1 unspecified atom stereocenters. The summed E-state index contributed by atoms with van der Waals surface area (Å²) in [6.07, 6.45) is 3.14. The van der Waals surface area contributed by atoms with Gasteiger partial charge in [0, 0.05) is 32.1 Å². The van der Waals surface area contributed by atoms with Crippen LogP contribution < -0.4 is 10.6 Å². The van der Waals surface area contributed by atoms with Crippen molar-refractivity contribution in [2.45, 2.75) is 45.6 Å². The maximum Gasteiger partial charge on any atom is 0.222 e. The molecular formula is C16H31IN4O3S. The molecule has 1 amide bonds. The number of amides is 1. The zero-order chi connectivity index (χ0) is 17.6. The molecule has 7 nitrogen and oxygen atoms in total. The van der Waals surface area contributed by atoms with Gasteiger partial charge in [-0.05, 0) is 32.1 Å². The van der Waals surface area contributed by atoms with E-state index in [-0.39, 0.29) is 53.9 Å². The zero-order valence-electron chi connectivity index (χ0n) is 15.2. The van der Waals surface area contributed by atoms with E-state index in [0.29, 0.717) is 13.0 Å². The van der Waals surface area contributed by atoms with Gasteiger partial charge in [0.25, 0.3) is 0 Å². The number of rotatable bonds is 5. The summed E-state index contributed by atoms with van der Waals surface area (Å²) >= 11 is 0. The van der Waals surface area contributed by atoms with Crippen LogP contribution in [0.5, 0.6) is 0 Å². The molecule has 2 saturated heterocycles. The highest BCUT2D eigenvalue weighted by Crippen LogP contribution is 2.16. The number of hydrogen-bond donors (Lipinski definition) is 2. The first-order chi connectivity index (χ1) is 11.4. The van der Waals surface area contributed by atoms with Gasteiger partial charge in [0.05, 0.1) is 18.1 Å². The summed E-state index contributed by atoms with van der Waals surface area (Å²) < 4.78 is 22.8. The van der Waals surface area contributed by atoms with Crippen molar-refractivity contribution in [3.63, 3.8) is 0 Å². The van der Waals surface area contributed by atoms with Gasteiger partial charge in [-0.1, -0.05) is 6.92 Å². The smallest absolute Gasteiger partial charge is 0.222 e. The van der Waals surface area contributed by atoms with E-state index in [2.05, 4.69) is 27.4 Å². The number of nitrogens with zero attached hydrogens (tertiary/aromatic N) is 2. The summed E-state index contributed by atoms with van der Waals surface area (Å²) in [6, 6.07) is -0.233. The van der Waals surface area contributed by atoms with Crippen LogP contribution in [0.3, 0.4) is 0 Å². The van der Waals surface area contributed by atoms with Crippen LogP contribution in [0.25, 0.3) is 0 Å². The highest BCUT2D eigenvalue weighted by Gasteiger charge is 2.28. The first-order valence-electron chi connectivity index (χ1n) is 8.92. The van der Waals surface area contributed by atoms with E-state index < -0.39 is 9.84 Å². The summed E-state index contributed by atoms with van der Waals surface area (Å²) in [6.45, 7) is 7.53. The van der Waals surface area contributed by atoms with Crippen molar-refractivity contribution in [2.75, 3.05) is 37.7 Å². The van der Waals surface area contributed by atoms with Crippen LogP contribution in [-0.4, -0.2) is 68.9 Å². The van der Waals surface area contributed by atoms with Crippen molar-refractivity contribution < 1.29 is 13.2 Å². The maximum atomic E-state index is 12.0. The average molecular weight is 486 g/mol. The van der Waals surface area contributed by atoms with Crippen LogP contribution in [0.4, 0.5) is 0 Å². The van der Waals surface area contributed by atoms with Crippen LogP contribution in [0.15, 0.2) is 4.99 Å². The van der Waals surface area contributed by atoms with Gasteiger partial charge < -0.3 is 15.5 Å². The molecule has 0 bridgehead atoms. The predicted molar refractivity (Wildman–Crippen MR) is 111 cm³/mol. The van der Waals surface area contributed by atoms with Crippen LogP contribution in [0, 0.1) is 5.92 Å². The second-order valence-corrected chi connectivity index (χ2v) is 9.05. The molecule has 2 aliphatic heterocycles. The molecule has 2 N–H and O–H groups in total. The molecule has 146 valence electrons. The number of likely N-dealkylation sites (tertiary alicyclic amines) is 1. The molecule has 2 heterocycles. The van der Waals surface area contributed by atoms with Gasteiger partial charge in [0.1, 0.15) is 0 Å². The molecule has 0 saturated carbocycles. The molecule has 2 fully saturated rings. The number of nitrogens with one attached hydrogen (secondary N) is 2. The Balaban J connectivity index is 0.00000312. The van der Waals surface area contributed by atoms with Gasteiger partial charge in [-0.2, -0.15) is 0 Å². The minimum absolute atomic E-state index is 0. The molecule has 0 aromatic carbocycles. The Morgan fingerprint density at radius 1 is 1.24 bits per heavy atom. The fourth-order valence-electron chi connectivity index (χ4n) is 3.12. The molecule has 2 rings (SSSR count). The Kier molecular flexibility index (Phi) is 9.47. The van der Waals surface area contributed by atoms with Crippen LogP contribution >= 0.6 is 24.0 Å². The molecule has 0 radical (unpaired) electrons. The summed E-state index contributed by atoms with van der Waals surface area (Å²) in [5.41, 5.74) is 0. The number of guanidine groups is 1. The van der Waals surface area contributed by atoms with E-state index in [1.165, 1.54) is 12.8 Å². The second-order valence-electron chi connectivity index (χ2n) is 6.82. The van der Waals surface area contributed by atoms with E-state index in [1.54, 1.807) is 0 Å². The number of carbonyl (C=O) groups is 1. The lowest BCUT2D eigenvalue weighted by Gasteiger charge is -2.33. The zero-order valence-corrected chi connectivity index (χ0v) is 18.3. The topological polar surface area (TPSA) is 90.9 Å². The molecule has 0 aromatic heterocycles. The minimum Gasteiger partial charge on any atom is -0.357 e. The fraction of sp³-hybridized carbons (Fsp3) is 0.875. The van der Waals surface area contributed by atoms with Crippen molar-refractivity contribution in [3.8, 4) is 0 Å². The first kappa shape index (κ1) is 22.5. The van der Waals surface area contributed by atoms with Crippen LogP contribution in [0.2, 0.25) is 0 Å². The quantitative estimate of drug-likeness (QED) is 0.344. The Labute approximate surface area is 168 Å². The molecular weight excluding hydrogens is 455 g/mol. The molecule has 0 spiro atoms. The lowest BCUT2D eigenvalue weighted by molar-refractivity contribution is -0.121. The van der Waals surface area contributed by atoms with Crippen LogP contribution in [-0.2, 0) is 14.6 Å². The van der Waals surface area contributed by atoms with Crippen molar-refractivity contribution >= 4 is 45.7 Å². The predicted octanol–water partition coefficient (Wildman–Crippen LogP) is 0.995. The van der Waals surface area contributed by atoms with Gasteiger partial charge in [-0.25, -0.2) is 8.42 Å². The standard InChI is InChI=1S/C16H30N4O3S.HI/c1-3-17-16(20-9-5-13(2)6-10-20)18-8-4-15(21)19-14-7-11-24(22,23)12-14;/h13-14H,3-12H2,1-2H3,(H,17,18)(H,19,21);1H. The van der Waals surface area contributed by atoms with Crippen molar-refractivity contribution in [1.29, 1.82) is 0 Å². The highest BCUT2D eigenvalue weighted by atomic mass is 127. The number of hydrogen-bond acceptors (Lipinski definition) is 4. The normalized spacial score (nSPS) is 23.8. The number of carbonyl (C=O) groups excluding carboxylic acids is 1. The van der Waals surface area contributed by atoms with E-state index >= 15 is 0 Å². The van der Waals surface area contributed by atoms with Crippen molar-refractivity contribution in [1.82, 2.24) is 15.5 Å². The highest BCUT2D eigenvalue weighted by molar-refractivity contribution is 14.0. The third-order valence-corrected chi connectivity index (χ3v) is 6.38. The second kappa shape index (κ2) is 10.5.